The number of nitrogens with one attached hydrogen (secondary N) is 1. The molecule has 3 amide bonds. The Morgan fingerprint density at radius 3 is 1.98 bits per heavy atom. The zero-order chi connectivity index (χ0) is 45.2. The first-order chi connectivity index (χ1) is 30.8. The van der Waals surface area contributed by atoms with Crippen LogP contribution < -0.4 is 14.8 Å². The van der Waals surface area contributed by atoms with Gasteiger partial charge in [0.2, 0.25) is 5.91 Å². The van der Waals surface area contributed by atoms with E-state index in [0.29, 0.717) is 50.1 Å². The molecule has 15 nitrogen and oxygen atoms in total. The maximum absolute atomic E-state index is 15.3. The minimum Gasteiger partial charge on any atom is -0.494 e. The Hall–Kier alpha value is -7.25. The van der Waals surface area contributed by atoms with Gasteiger partial charge < -0.3 is 24.1 Å². The van der Waals surface area contributed by atoms with Crippen molar-refractivity contribution < 1.29 is 55.1 Å². The molecule has 0 unspecified atom stereocenters. The second-order valence-electron chi connectivity index (χ2n) is 14.4. The SMILES string of the molecule is O=C(CCC(=O)ON1C(=O)CCC1=O)NCCOc1ccc(C2=N/C(=N\c3c(-c4ccccc4)cc(-c4ccc(OCCCS(=O)(=O)O)cc4)n3B(F)F)C(c3ccccc3)=C2)cc1. The molecule has 1 fully saturated rings. The lowest BCUT2D eigenvalue weighted by molar-refractivity contribution is -0.197. The largest absolute Gasteiger partial charge is 0.679 e. The highest BCUT2D eigenvalue weighted by Crippen LogP contribution is 2.41. The van der Waals surface area contributed by atoms with Gasteiger partial charge in [-0.1, -0.05) is 60.7 Å². The quantitative estimate of drug-likeness (QED) is 0.0388. The molecule has 0 spiro atoms. The number of nitrogens with zero attached hydrogens (tertiary/aromatic N) is 4. The highest BCUT2D eigenvalue weighted by atomic mass is 32.2. The fourth-order valence-corrected chi connectivity index (χ4v) is 7.28. The highest BCUT2D eigenvalue weighted by Gasteiger charge is 2.33. The summed E-state index contributed by atoms with van der Waals surface area (Å²) in [6.45, 7) is 0.256. The third kappa shape index (κ3) is 11.4. The van der Waals surface area contributed by atoms with Crippen molar-refractivity contribution in [2.24, 2.45) is 9.98 Å². The van der Waals surface area contributed by atoms with Gasteiger partial charge in [-0.05, 0) is 83.8 Å². The van der Waals surface area contributed by atoms with Gasteiger partial charge in [0.25, 0.3) is 21.9 Å². The van der Waals surface area contributed by atoms with E-state index in [1.807, 2.05) is 54.6 Å². The number of hydrogen-bond donors (Lipinski definition) is 2. The minimum absolute atomic E-state index is 0.0191. The van der Waals surface area contributed by atoms with E-state index in [0.717, 1.165) is 10.0 Å². The Morgan fingerprint density at radius 2 is 1.38 bits per heavy atom. The molecule has 5 aromatic rings. The van der Waals surface area contributed by atoms with E-state index in [4.69, 9.17) is 28.8 Å². The van der Waals surface area contributed by atoms with Gasteiger partial charge in [0.05, 0.1) is 31.0 Å². The molecule has 0 atom stereocenters. The average molecular weight is 892 g/mol. The van der Waals surface area contributed by atoms with E-state index in [-0.39, 0.29) is 69.2 Å². The second-order valence-corrected chi connectivity index (χ2v) is 16.0. The summed E-state index contributed by atoms with van der Waals surface area (Å²) in [4.78, 5) is 62.0. The zero-order valence-electron chi connectivity index (χ0n) is 34.1. The highest BCUT2D eigenvalue weighted by molar-refractivity contribution is 7.85. The number of amides is 3. The lowest BCUT2D eigenvalue weighted by atomic mass is 10.0. The fourth-order valence-electron chi connectivity index (χ4n) is 6.79. The van der Waals surface area contributed by atoms with Crippen molar-refractivity contribution in [3.63, 3.8) is 0 Å². The van der Waals surface area contributed by atoms with Gasteiger partial charge in [0.1, 0.15) is 23.9 Å². The summed E-state index contributed by atoms with van der Waals surface area (Å²) in [6, 6.07) is 33.5. The minimum atomic E-state index is -4.13. The van der Waals surface area contributed by atoms with Crippen molar-refractivity contribution in [3.05, 3.63) is 132 Å². The number of carbonyl (C=O) groups is 4. The maximum atomic E-state index is 15.3. The summed E-state index contributed by atoms with van der Waals surface area (Å²) in [6.07, 6.45) is 1.30. The Balaban J connectivity index is 1.08. The van der Waals surface area contributed by atoms with Crippen LogP contribution in [0.5, 0.6) is 11.5 Å². The van der Waals surface area contributed by atoms with E-state index in [2.05, 4.69) is 5.32 Å². The number of halogens is 2. The van der Waals surface area contributed by atoms with E-state index in [1.165, 1.54) is 0 Å². The predicted molar refractivity (Wildman–Crippen MR) is 235 cm³/mol. The van der Waals surface area contributed by atoms with E-state index in [9.17, 15) is 27.6 Å². The molecule has 328 valence electrons. The third-order valence-electron chi connectivity index (χ3n) is 9.90. The van der Waals surface area contributed by atoms with Crippen LogP contribution in [0.25, 0.3) is 28.0 Å². The molecule has 7 rings (SSSR count). The van der Waals surface area contributed by atoms with Crippen molar-refractivity contribution in [2.45, 2.75) is 32.1 Å². The molecule has 0 bridgehead atoms. The molecule has 19 heteroatoms. The monoisotopic (exact) mass is 891 g/mol. The van der Waals surface area contributed by atoms with Crippen LogP contribution in [0.2, 0.25) is 0 Å². The Morgan fingerprint density at radius 1 is 0.781 bits per heavy atom. The molecular formula is C45H40BF2N5O10S. The van der Waals surface area contributed by atoms with Crippen molar-refractivity contribution in [1.29, 1.82) is 0 Å². The topological polar surface area (TPSA) is 195 Å². The second kappa shape index (κ2) is 20.3. The van der Waals surface area contributed by atoms with Gasteiger partial charge in [-0.15, -0.1) is 5.06 Å². The number of amidine groups is 1. The number of rotatable bonds is 19. The van der Waals surface area contributed by atoms with Crippen molar-refractivity contribution in [3.8, 4) is 33.9 Å². The summed E-state index contributed by atoms with van der Waals surface area (Å²) in [5.41, 5.74) is 4.31. The number of aromatic nitrogens is 1. The molecule has 2 aliphatic rings. The average Bonchev–Trinajstić information content (AvgIpc) is 3.99. The first-order valence-electron chi connectivity index (χ1n) is 20.1. The first kappa shape index (κ1) is 44.8. The number of hydroxylamine groups is 2. The molecule has 4 aromatic carbocycles. The van der Waals surface area contributed by atoms with Crippen LogP contribution in [0.4, 0.5) is 14.4 Å². The van der Waals surface area contributed by atoms with Crippen molar-refractivity contribution in [1.82, 2.24) is 14.9 Å². The number of benzene rings is 4. The van der Waals surface area contributed by atoms with E-state index < -0.39 is 47.0 Å². The molecule has 2 aliphatic heterocycles. The van der Waals surface area contributed by atoms with Crippen LogP contribution in [-0.2, 0) is 34.1 Å². The molecular weight excluding hydrogens is 851 g/mol. The lowest BCUT2D eigenvalue weighted by Gasteiger charge is -2.12. The van der Waals surface area contributed by atoms with Crippen LogP contribution in [0.15, 0.2) is 131 Å². The smallest absolute Gasteiger partial charge is 0.494 e. The van der Waals surface area contributed by atoms with Crippen molar-refractivity contribution in [2.75, 3.05) is 25.5 Å². The molecule has 1 aromatic heterocycles. The summed E-state index contributed by atoms with van der Waals surface area (Å²) < 4.78 is 74.0. The number of ether oxygens (including phenoxy) is 2. The number of allylic oxidation sites excluding steroid dienone is 1. The molecule has 64 heavy (non-hydrogen) atoms. The number of carbonyl (C=O) groups excluding carboxylic acids is 4. The van der Waals surface area contributed by atoms with Gasteiger partial charge in [0, 0.05) is 41.7 Å². The summed E-state index contributed by atoms with van der Waals surface area (Å²) >= 11 is 0. The van der Waals surface area contributed by atoms with Gasteiger partial charge >= 0.3 is 13.4 Å². The van der Waals surface area contributed by atoms with Crippen molar-refractivity contribution >= 4 is 64.1 Å². The van der Waals surface area contributed by atoms with Gasteiger partial charge in [-0.25, -0.2) is 14.8 Å². The molecule has 1 saturated heterocycles. The number of imide groups is 1. The van der Waals surface area contributed by atoms with E-state index in [1.54, 1.807) is 66.7 Å². The van der Waals surface area contributed by atoms with Gasteiger partial charge in [0.15, 0.2) is 5.84 Å². The molecule has 3 heterocycles. The molecule has 0 saturated carbocycles. The normalized spacial score (nSPS) is 14.4. The van der Waals surface area contributed by atoms with Crippen LogP contribution in [0.3, 0.4) is 0 Å². The van der Waals surface area contributed by atoms with E-state index >= 15 is 8.63 Å². The van der Waals surface area contributed by atoms with Gasteiger partial charge in [-0.3, -0.25) is 27.6 Å². The fraction of sp³-hybridized carbons (Fsp3) is 0.200. The summed E-state index contributed by atoms with van der Waals surface area (Å²) in [5.74, 6) is -1.91. The Kier molecular flexibility index (Phi) is 14.2. The molecule has 0 radical (unpaired) electrons. The maximum Gasteiger partial charge on any atom is 0.679 e. The van der Waals surface area contributed by atoms with Crippen LogP contribution >= 0.6 is 0 Å². The number of hydrogen-bond acceptors (Lipinski definition) is 10. The lowest BCUT2D eigenvalue weighted by Crippen LogP contribution is -2.33. The molecule has 0 aliphatic carbocycles. The van der Waals surface area contributed by atoms with Gasteiger partial charge in [-0.2, -0.15) is 8.42 Å². The summed E-state index contributed by atoms with van der Waals surface area (Å²) in [7, 11) is -7.14. The van der Waals surface area contributed by atoms with Crippen LogP contribution in [0.1, 0.15) is 43.2 Å². The summed E-state index contributed by atoms with van der Waals surface area (Å²) in [5, 5.41) is 3.07. The molecule has 2 N–H and O–H groups in total. The first-order valence-corrected chi connectivity index (χ1v) is 21.7. The van der Waals surface area contributed by atoms with Crippen LogP contribution in [-0.4, -0.2) is 90.7 Å². The third-order valence-corrected chi connectivity index (χ3v) is 10.7. The standard InChI is InChI=1S/C45H40BF2N5O10S/c47-46(48)52-39(33-14-18-34(19-15-33)61-25-7-27-64(58,59)60)29-37(31-10-5-2-6-11-31)45(52)51-44-36(30-8-3-1-4-9-30)28-38(50-44)32-12-16-35(17-13-32)62-26-24-49-40(54)20-23-43(57)63-53-41(55)21-22-42(53)56/h1-6,8-19,28-29H,7,20-27H2,(H,49,54)(H,58,59,60)/b51-44-. The number of aliphatic imine (C=N–C) groups is 2. The Labute approximate surface area is 367 Å². The van der Waals surface area contributed by atoms with Crippen LogP contribution in [0, 0.1) is 0 Å². The zero-order valence-corrected chi connectivity index (χ0v) is 34.9. The predicted octanol–water partition coefficient (Wildman–Crippen LogP) is 6.75. The Bertz CT molecular complexity index is 2710.